The Morgan fingerprint density at radius 2 is 1.96 bits per heavy atom. The molecule has 1 aromatic carbocycles. The monoisotopic (exact) mass is 320 g/mol. The van der Waals surface area contributed by atoms with Crippen LogP contribution in [-0.2, 0) is 16.6 Å². The number of oxazole rings is 1. The van der Waals surface area contributed by atoms with Crippen LogP contribution >= 0.6 is 0 Å². The number of nitrogens with one attached hydrogen (secondary N) is 1. The summed E-state index contributed by atoms with van der Waals surface area (Å²) in [4.78, 5) is 35.1. The molecule has 0 aliphatic heterocycles. The lowest BCUT2D eigenvalue weighted by molar-refractivity contribution is -0.151. The Hall–Kier alpha value is -2.57. The number of fused-ring (bicyclic) bond motifs is 1. The fraction of sp³-hybridized carbons (Fsp3) is 0.438. The SMILES string of the molecule is CCC(CC)(CC(=O)Nc1ccc2oc(=O)n(C)c2c1)C(=O)O. The second kappa shape index (κ2) is 6.28. The van der Waals surface area contributed by atoms with E-state index < -0.39 is 17.1 Å². The van der Waals surface area contributed by atoms with E-state index in [9.17, 15) is 19.5 Å². The van der Waals surface area contributed by atoms with Crippen molar-refractivity contribution < 1.29 is 19.1 Å². The van der Waals surface area contributed by atoms with Crippen LogP contribution in [-0.4, -0.2) is 21.6 Å². The number of rotatable bonds is 6. The minimum atomic E-state index is -1.06. The van der Waals surface area contributed by atoms with Gasteiger partial charge in [-0.15, -0.1) is 0 Å². The van der Waals surface area contributed by atoms with Crippen LogP contribution in [0.2, 0.25) is 0 Å². The molecule has 1 aromatic heterocycles. The molecule has 0 spiro atoms. The molecule has 0 saturated heterocycles. The molecule has 1 amide bonds. The van der Waals surface area contributed by atoms with Crippen molar-refractivity contribution in [2.75, 3.05) is 5.32 Å². The van der Waals surface area contributed by atoms with Crippen molar-refractivity contribution in [1.82, 2.24) is 4.57 Å². The van der Waals surface area contributed by atoms with Gasteiger partial charge < -0.3 is 14.8 Å². The van der Waals surface area contributed by atoms with Crippen LogP contribution in [0.4, 0.5) is 5.69 Å². The number of aliphatic carboxylic acids is 1. The number of hydrogen-bond acceptors (Lipinski definition) is 4. The number of carbonyl (C=O) groups is 2. The molecule has 7 nitrogen and oxygen atoms in total. The minimum Gasteiger partial charge on any atom is -0.481 e. The van der Waals surface area contributed by atoms with Gasteiger partial charge in [0.2, 0.25) is 5.91 Å². The van der Waals surface area contributed by atoms with Crippen molar-refractivity contribution in [3.63, 3.8) is 0 Å². The Kier molecular flexibility index (Phi) is 4.58. The number of carbonyl (C=O) groups excluding carboxylic acids is 1. The molecule has 2 aromatic rings. The minimum absolute atomic E-state index is 0.0995. The van der Waals surface area contributed by atoms with E-state index in [0.717, 1.165) is 0 Å². The van der Waals surface area contributed by atoms with Gasteiger partial charge in [-0.1, -0.05) is 13.8 Å². The van der Waals surface area contributed by atoms with Gasteiger partial charge in [0.05, 0.1) is 10.9 Å². The van der Waals surface area contributed by atoms with Crippen LogP contribution in [0.3, 0.4) is 0 Å². The average molecular weight is 320 g/mol. The number of benzene rings is 1. The number of aryl methyl sites for hydroxylation is 1. The first-order valence-electron chi connectivity index (χ1n) is 7.46. The molecule has 0 bridgehead atoms. The second-order valence-corrected chi connectivity index (χ2v) is 5.63. The third-order valence-corrected chi connectivity index (χ3v) is 4.38. The number of carboxylic acids is 1. The quantitative estimate of drug-likeness (QED) is 0.850. The van der Waals surface area contributed by atoms with Crippen LogP contribution in [0.25, 0.3) is 11.1 Å². The fourth-order valence-electron chi connectivity index (χ4n) is 2.60. The Morgan fingerprint density at radius 1 is 1.30 bits per heavy atom. The molecular weight excluding hydrogens is 300 g/mol. The molecule has 0 fully saturated rings. The molecule has 2 rings (SSSR count). The predicted octanol–water partition coefficient (Wildman–Crippen LogP) is 2.35. The third kappa shape index (κ3) is 3.13. The average Bonchev–Trinajstić information content (AvgIpc) is 2.79. The number of nitrogens with zero attached hydrogens (tertiary/aromatic N) is 1. The Balaban J connectivity index is 2.21. The van der Waals surface area contributed by atoms with Crippen molar-refractivity contribution in [1.29, 1.82) is 0 Å². The standard InChI is InChI=1S/C16H20N2O5/c1-4-16(5-2,14(20)21)9-13(19)17-10-6-7-12-11(8-10)18(3)15(22)23-12/h6-8H,4-5,9H2,1-3H3,(H,17,19)(H,20,21). The molecule has 7 heteroatoms. The lowest BCUT2D eigenvalue weighted by atomic mass is 9.79. The lowest BCUT2D eigenvalue weighted by Gasteiger charge is -2.25. The highest BCUT2D eigenvalue weighted by Crippen LogP contribution is 2.31. The number of amides is 1. The van der Waals surface area contributed by atoms with Gasteiger partial charge in [0, 0.05) is 19.2 Å². The van der Waals surface area contributed by atoms with E-state index in [0.29, 0.717) is 29.6 Å². The van der Waals surface area contributed by atoms with Crippen molar-refractivity contribution in [3.05, 3.63) is 28.7 Å². The summed E-state index contributed by atoms with van der Waals surface area (Å²) >= 11 is 0. The molecule has 23 heavy (non-hydrogen) atoms. The maximum Gasteiger partial charge on any atom is 0.419 e. The Bertz CT molecular complexity index is 798. The summed E-state index contributed by atoms with van der Waals surface area (Å²) in [5, 5.41) is 12.1. The van der Waals surface area contributed by atoms with Crippen molar-refractivity contribution in [2.45, 2.75) is 33.1 Å². The maximum absolute atomic E-state index is 12.2. The summed E-state index contributed by atoms with van der Waals surface area (Å²) in [6, 6.07) is 4.83. The van der Waals surface area contributed by atoms with E-state index in [-0.39, 0.29) is 12.3 Å². The molecule has 0 unspecified atom stereocenters. The third-order valence-electron chi connectivity index (χ3n) is 4.38. The van der Waals surface area contributed by atoms with Crippen LogP contribution < -0.4 is 11.1 Å². The molecule has 0 aliphatic rings. The smallest absolute Gasteiger partial charge is 0.419 e. The lowest BCUT2D eigenvalue weighted by Crippen LogP contribution is -2.34. The molecule has 0 saturated carbocycles. The number of hydrogen-bond donors (Lipinski definition) is 2. The first-order valence-corrected chi connectivity index (χ1v) is 7.46. The molecule has 0 atom stereocenters. The van der Waals surface area contributed by atoms with Gasteiger partial charge in [-0.05, 0) is 31.0 Å². The summed E-state index contributed by atoms with van der Waals surface area (Å²) in [7, 11) is 1.57. The Morgan fingerprint density at radius 3 is 2.52 bits per heavy atom. The molecule has 1 heterocycles. The van der Waals surface area contributed by atoms with Gasteiger partial charge in [0.25, 0.3) is 0 Å². The van der Waals surface area contributed by atoms with Crippen LogP contribution in [0, 0.1) is 5.41 Å². The highest BCUT2D eigenvalue weighted by molar-refractivity contribution is 5.95. The summed E-state index contributed by atoms with van der Waals surface area (Å²) in [6.45, 7) is 3.52. The predicted molar refractivity (Wildman–Crippen MR) is 85.4 cm³/mol. The zero-order valence-electron chi connectivity index (χ0n) is 13.4. The number of anilines is 1. The molecule has 0 aliphatic carbocycles. The van der Waals surface area contributed by atoms with Gasteiger partial charge in [0.1, 0.15) is 0 Å². The van der Waals surface area contributed by atoms with E-state index in [1.54, 1.807) is 39.1 Å². The number of aromatic nitrogens is 1. The van der Waals surface area contributed by atoms with Gasteiger partial charge in [-0.2, -0.15) is 0 Å². The normalized spacial score (nSPS) is 11.6. The summed E-state index contributed by atoms with van der Waals surface area (Å²) in [5.41, 5.74) is 0.419. The Labute approximate surface area is 132 Å². The first-order chi connectivity index (χ1) is 10.8. The van der Waals surface area contributed by atoms with Gasteiger partial charge in [-0.25, -0.2) is 4.79 Å². The second-order valence-electron chi connectivity index (χ2n) is 5.63. The van der Waals surface area contributed by atoms with E-state index in [1.807, 2.05) is 0 Å². The highest BCUT2D eigenvalue weighted by Gasteiger charge is 2.37. The van der Waals surface area contributed by atoms with Crippen molar-refractivity contribution in [2.24, 2.45) is 12.5 Å². The van der Waals surface area contributed by atoms with Gasteiger partial charge >= 0.3 is 11.7 Å². The van der Waals surface area contributed by atoms with Crippen molar-refractivity contribution >= 4 is 28.7 Å². The molecule has 2 N–H and O–H groups in total. The van der Waals surface area contributed by atoms with Crippen LogP contribution in [0.5, 0.6) is 0 Å². The topological polar surface area (TPSA) is 102 Å². The largest absolute Gasteiger partial charge is 0.481 e. The van der Waals surface area contributed by atoms with Crippen molar-refractivity contribution in [3.8, 4) is 0 Å². The highest BCUT2D eigenvalue weighted by atomic mass is 16.4. The van der Waals surface area contributed by atoms with Crippen LogP contribution in [0.1, 0.15) is 33.1 Å². The zero-order valence-corrected chi connectivity index (χ0v) is 13.4. The summed E-state index contributed by atoms with van der Waals surface area (Å²) in [5.74, 6) is -1.82. The summed E-state index contributed by atoms with van der Waals surface area (Å²) in [6.07, 6.45) is 0.654. The van der Waals surface area contributed by atoms with Gasteiger partial charge in [0.15, 0.2) is 5.58 Å². The summed E-state index contributed by atoms with van der Waals surface area (Å²) < 4.78 is 6.36. The molecule has 0 radical (unpaired) electrons. The van der Waals surface area contributed by atoms with E-state index in [1.165, 1.54) is 4.57 Å². The van der Waals surface area contributed by atoms with Crippen LogP contribution in [0.15, 0.2) is 27.4 Å². The number of carboxylic acid groups (broad SMARTS) is 1. The van der Waals surface area contributed by atoms with E-state index >= 15 is 0 Å². The fourth-order valence-corrected chi connectivity index (χ4v) is 2.60. The maximum atomic E-state index is 12.2. The first kappa shape index (κ1) is 16.8. The zero-order chi connectivity index (χ0) is 17.2. The van der Waals surface area contributed by atoms with Gasteiger partial charge in [-0.3, -0.25) is 14.2 Å². The molecule has 124 valence electrons. The van der Waals surface area contributed by atoms with E-state index in [2.05, 4.69) is 5.32 Å². The van der Waals surface area contributed by atoms with E-state index in [4.69, 9.17) is 4.42 Å². The molecular formula is C16H20N2O5.